The number of fused-ring (bicyclic) bond motifs is 2. The smallest absolute Gasteiger partial charge is 0.284 e. The number of aromatic nitrogens is 2. The minimum Gasteiger partial charge on any atom is -0.349 e. The van der Waals surface area contributed by atoms with Crippen LogP contribution in [0.25, 0.3) is 5.69 Å². The Morgan fingerprint density at radius 1 is 1.11 bits per heavy atom. The van der Waals surface area contributed by atoms with Crippen LogP contribution in [0.3, 0.4) is 0 Å². The maximum absolute atomic E-state index is 13.6. The van der Waals surface area contributed by atoms with Gasteiger partial charge < -0.3 is 5.32 Å². The van der Waals surface area contributed by atoms with Gasteiger partial charge in [0, 0.05) is 32.3 Å². The molecular weight excluding hydrogens is 549 g/mol. The third kappa shape index (κ3) is 4.28. The molecule has 184 valence electrons. The molecule has 1 aromatic heterocycles. The van der Waals surface area contributed by atoms with Crippen molar-refractivity contribution in [2.24, 2.45) is 23.2 Å². The molecule has 2 bridgehead atoms. The Labute approximate surface area is 223 Å². The second kappa shape index (κ2) is 9.13. The molecular formula is C27H28BrCl2N3O2. The number of hydrogen-bond acceptors (Lipinski definition) is 2. The van der Waals surface area contributed by atoms with Gasteiger partial charge in [0.05, 0.1) is 12.2 Å². The normalized spacial score (nSPS) is 24.6. The number of nitrogens with one attached hydrogen (secondary N) is 1. The molecule has 1 N–H and O–H groups in total. The first-order chi connectivity index (χ1) is 16.6. The first-order valence-electron chi connectivity index (χ1n) is 11.9. The Kier molecular flexibility index (Phi) is 6.43. The van der Waals surface area contributed by atoms with Crippen LogP contribution in [0.2, 0.25) is 10.0 Å². The predicted molar refractivity (Wildman–Crippen MR) is 144 cm³/mol. The molecule has 1 amide bonds. The number of carbonyl (C=O) groups excluding carboxylic acids is 1. The molecule has 4 atom stereocenters. The van der Waals surface area contributed by atoms with Crippen LogP contribution in [0.4, 0.5) is 0 Å². The molecule has 35 heavy (non-hydrogen) atoms. The summed E-state index contributed by atoms with van der Waals surface area (Å²) in [5.41, 5.74) is 1.40. The molecule has 6 rings (SSSR count). The van der Waals surface area contributed by atoms with Crippen LogP contribution in [0.1, 0.15) is 49.5 Å². The van der Waals surface area contributed by atoms with Crippen molar-refractivity contribution in [2.45, 2.75) is 46.2 Å². The molecule has 2 unspecified atom stereocenters. The van der Waals surface area contributed by atoms with E-state index in [-0.39, 0.29) is 29.6 Å². The van der Waals surface area contributed by atoms with Crippen LogP contribution in [0.15, 0.2) is 57.9 Å². The van der Waals surface area contributed by atoms with Crippen LogP contribution >= 0.6 is 39.1 Å². The summed E-state index contributed by atoms with van der Waals surface area (Å²) in [6.45, 7) is 7.13. The Bertz CT molecular complexity index is 1330. The number of nitrogens with zero attached hydrogens (tertiary/aromatic N) is 2. The van der Waals surface area contributed by atoms with Gasteiger partial charge in [0.25, 0.3) is 11.5 Å². The zero-order valence-corrected chi connectivity index (χ0v) is 23.0. The summed E-state index contributed by atoms with van der Waals surface area (Å²) in [4.78, 5) is 27.0. The monoisotopic (exact) mass is 575 g/mol. The average molecular weight is 577 g/mol. The molecule has 2 aromatic carbocycles. The molecule has 5 nitrogen and oxygen atoms in total. The van der Waals surface area contributed by atoms with Crippen molar-refractivity contribution in [1.82, 2.24) is 14.7 Å². The summed E-state index contributed by atoms with van der Waals surface area (Å²) < 4.78 is 4.11. The minimum atomic E-state index is -0.373. The zero-order valence-electron chi connectivity index (χ0n) is 19.9. The van der Waals surface area contributed by atoms with Crippen molar-refractivity contribution in [1.29, 1.82) is 0 Å². The average Bonchev–Trinajstić information content (AvgIpc) is 3.13. The lowest BCUT2D eigenvalue weighted by Crippen LogP contribution is -2.60. The number of halogens is 3. The first-order valence-corrected chi connectivity index (χ1v) is 13.4. The number of carbonyl (C=O) groups is 1. The van der Waals surface area contributed by atoms with E-state index < -0.39 is 0 Å². The van der Waals surface area contributed by atoms with E-state index in [9.17, 15) is 9.59 Å². The summed E-state index contributed by atoms with van der Waals surface area (Å²) in [7, 11) is 0. The fourth-order valence-corrected chi connectivity index (χ4v) is 6.83. The van der Waals surface area contributed by atoms with Gasteiger partial charge in [-0.2, -0.15) is 0 Å². The van der Waals surface area contributed by atoms with E-state index in [1.54, 1.807) is 29.1 Å². The van der Waals surface area contributed by atoms with Crippen LogP contribution in [-0.2, 0) is 6.54 Å². The van der Waals surface area contributed by atoms with Gasteiger partial charge in [-0.15, -0.1) is 0 Å². The number of rotatable bonds is 5. The fraction of sp³-hybridized carbons (Fsp3) is 0.407. The van der Waals surface area contributed by atoms with Crippen molar-refractivity contribution in [2.75, 3.05) is 0 Å². The van der Waals surface area contributed by atoms with E-state index in [4.69, 9.17) is 23.2 Å². The maximum atomic E-state index is 13.6. The molecule has 0 aliphatic heterocycles. The van der Waals surface area contributed by atoms with E-state index in [1.165, 1.54) is 11.1 Å². The Balaban J connectivity index is 1.50. The van der Waals surface area contributed by atoms with Crippen molar-refractivity contribution in [3.8, 4) is 5.69 Å². The molecule has 3 aliphatic carbocycles. The third-order valence-corrected chi connectivity index (χ3v) is 9.56. The molecule has 3 fully saturated rings. The van der Waals surface area contributed by atoms with Crippen molar-refractivity contribution in [3.05, 3.63) is 84.7 Å². The van der Waals surface area contributed by atoms with Crippen LogP contribution in [0.5, 0.6) is 0 Å². The molecule has 3 aliphatic rings. The second-order valence-electron chi connectivity index (χ2n) is 10.5. The molecule has 0 radical (unpaired) electrons. The molecule has 3 saturated carbocycles. The number of amides is 1. The molecule has 1 heterocycles. The van der Waals surface area contributed by atoms with Gasteiger partial charge in [-0.05, 0) is 72.4 Å². The first kappa shape index (κ1) is 24.7. The van der Waals surface area contributed by atoms with E-state index in [0.717, 1.165) is 10.9 Å². The number of benzene rings is 2. The summed E-state index contributed by atoms with van der Waals surface area (Å²) in [5.74, 6) is 1.25. The summed E-state index contributed by atoms with van der Waals surface area (Å²) in [6.07, 6.45) is 3.79. The van der Waals surface area contributed by atoms with E-state index in [1.807, 2.05) is 24.3 Å². The van der Waals surface area contributed by atoms with Crippen LogP contribution < -0.4 is 10.9 Å². The third-order valence-electron chi connectivity index (χ3n) is 8.33. The quantitative estimate of drug-likeness (QED) is 0.374. The lowest BCUT2D eigenvalue weighted by atomic mass is 9.45. The highest BCUT2D eigenvalue weighted by molar-refractivity contribution is 9.10. The molecule has 0 spiro atoms. The van der Waals surface area contributed by atoms with Gasteiger partial charge >= 0.3 is 0 Å². The van der Waals surface area contributed by atoms with Gasteiger partial charge in [-0.3, -0.25) is 14.3 Å². The predicted octanol–water partition coefficient (Wildman–Crippen LogP) is 6.56. The molecule has 8 heteroatoms. The summed E-state index contributed by atoms with van der Waals surface area (Å²) in [6, 6.07) is 12.8. The standard InChI is InChI=1S/C27H28BrCl2N3O2/c1-15-21-11-16(27(21,2)3)12-24(15)31-25(34)20-14-32(13-19-22(29)5-4-6-23(19)30)33(26(20)35)18-9-7-17(28)8-10-18/h4-10,14-16,21,24H,11-13H2,1-3H3,(H,31,34)/t15-,16?,21-,24?/m1/s1. The second-order valence-corrected chi connectivity index (χ2v) is 12.2. The van der Waals surface area contributed by atoms with E-state index >= 15 is 0 Å². The molecule has 3 aromatic rings. The van der Waals surface area contributed by atoms with Crippen molar-refractivity contribution < 1.29 is 4.79 Å². The molecule has 0 saturated heterocycles. The van der Waals surface area contributed by atoms with Crippen LogP contribution in [-0.4, -0.2) is 21.3 Å². The van der Waals surface area contributed by atoms with Crippen molar-refractivity contribution in [3.63, 3.8) is 0 Å². The van der Waals surface area contributed by atoms with Crippen molar-refractivity contribution >= 4 is 45.0 Å². The largest absolute Gasteiger partial charge is 0.349 e. The Morgan fingerprint density at radius 2 is 1.77 bits per heavy atom. The van der Waals surface area contributed by atoms with Gasteiger partial charge in [0.15, 0.2) is 0 Å². The van der Waals surface area contributed by atoms with Gasteiger partial charge in [-0.1, -0.05) is 66.0 Å². The van der Waals surface area contributed by atoms with E-state index in [2.05, 4.69) is 42.0 Å². The highest BCUT2D eigenvalue weighted by Gasteiger charge is 2.56. The SMILES string of the molecule is C[C@H]1C(NC(=O)c2cn(Cc3c(Cl)cccc3Cl)n(-c3ccc(Br)cc3)c2=O)CC2C[C@H]1C2(C)C. The Morgan fingerprint density at radius 3 is 2.37 bits per heavy atom. The summed E-state index contributed by atoms with van der Waals surface area (Å²) >= 11 is 16.3. The minimum absolute atomic E-state index is 0.0705. The lowest BCUT2D eigenvalue weighted by Gasteiger charge is -2.62. The fourth-order valence-electron chi connectivity index (χ4n) is 6.04. The van der Waals surface area contributed by atoms with Gasteiger partial charge in [0.2, 0.25) is 0 Å². The van der Waals surface area contributed by atoms with Gasteiger partial charge in [-0.25, -0.2) is 4.68 Å². The number of hydrogen-bond donors (Lipinski definition) is 1. The maximum Gasteiger partial charge on any atom is 0.284 e. The Hall–Kier alpha value is -2.02. The topological polar surface area (TPSA) is 56.0 Å². The highest BCUT2D eigenvalue weighted by atomic mass is 79.9. The van der Waals surface area contributed by atoms with E-state index in [0.29, 0.717) is 44.5 Å². The van der Waals surface area contributed by atoms with Crippen LogP contribution in [0, 0.1) is 23.2 Å². The summed E-state index contributed by atoms with van der Waals surface area (Å²) in [5, 5.41) is 4.20. The lowest BCUT2D eigenvalue weighted by molar-refractivity contribution is -0.113. The highest BCUT2D eigenvalue weighted by Crippen LogP contribution is 2.61. The zero-order chi connectivity index (χ0) is 25.1. The van der Waals surface area contributed by atoms with Gasteiger partial charge in [0.1, 0.15) is 5.56 Å².